The first kappa shape index (κ1) is 14.7. The second-order valence-electron chi connectivity index (χ2n) is 4.59. The number of aliphatic carboxylic acids is 1. The largest absolute Gasteiger partial charge is 0.504 e. The van der Waals surface area contributed by atoms with Crippen molar-refractivity contribution in [2.75, 3.05) is 18.6 Å². The highest BCUT2D eigenvalue weighted by Gasteiger charge is 2.12. The monoisotopic (exact) mass is 287 g/mol. The van der Waals surface area contributed by atoms with E-state index in [2.05, 4.69) is 0 Å². The molecule has 2 rings (SSSR count). The van der Waals surface area contributed by atoms with E-state index in [-0.39, 0.29) is 12.3 Å². The molecular weight excluding hydrogens is 270 g/mol. The number of hydrogen-bond donors (Lipinski definition) is 2. The van der Waals surface area contributed by atoms with Gasteiger partial charge in [-0.15, -0.1) is 0 Å². The summed E-state index contributed by atoms with van der Waals surface area (Å²) in [5.74, 6) is -0.467. The number of carboxylic acids is 1. The van der Waals surface area contributed by atoms with Gasteiger partial charge in [-0.05, 0) is 29.8 Å². The molecule has 21 heavy (non-hydrogen) atoms. The molecule has 0 bridgehead atoms. The Kier molecular flexibility index (Phi) is 4.66. The number of rotatable bonds is 6. The molecule has 0 aliphatic carbocycles. The second-order valence-corrected chi connectivity index (χ2v) is 4.59. The second kappa shape index (κ2) is 6.65. The van der Waals surface area contributed by atoms with Crippen molar-refractivity contribution >= 4 is 11.7 Å². The number of phenols is 1. The molecule has 0 heterocycles. The van der Waals surface area contributed by atoms with E-state index in [1.165, 1.54) is 13.2 Å². The molecule has 0 saturated carbocycles. The first-order chi connectivity index (χ1) is 10.1. The predicted octanol–water partition coefficient (Wildman–Crippen LogP) is 2.49. The Morgan fingerprint density at radius 2 is 1.90 bits per heavy atom. The zero-order valence-electron chi connectivity index (χ0n) is 11.7. The maximum atomic E-state index is 11.0. The Balaban J connectivity index is 2.25. The summed E-state index contributed by atoms with van der Waals surface area (Å²) in [6.45, 7) is 0.306. The van der Waals surface area contributed by atoms with E-state index in [1.54, 1.807) is 17.0 Å². The van der Waals surface area contributed by atoms with Gasteiger partial charge in [-0.25, -0.2) is 0 Å². The molecule has 0 aliphatic heterocycles. The third kappa shape index (κ3) is 3.89. The fraction of sp³-hybridized carbons (Fsp3) is 0.188. The third-order valence-electron chi connectivity index (χ3n) is 3.07. The van der Waals surface area contributed by atoms with Gasteiger partial charge in [0.05, 0.1) is 7.11 Å². The highest BCUT2D eigenvalue weighted by molar-refractivity contribution is 5.73. The number of phenolic OH excluding ortho intramolecular Hbond substituents is 1. The van der Waals surface area contributed by atoms with Crippen LogP contribution in [0, 0.1) is 0 Å². The summed E-state index contributed by atoms with van der Waals surface area (Å²) in [6.07, 6.45) is 0. The van der Waals surface area contributed by atoms with Gasteiger partial charge in [0.1, 0.15) is 6.54 Å². The number of nitrogens with zero attached hydrogens (tertiary/aromatic N) is 1. The number of carbonyl (C=O) groups is 1. The molecule has 5 nitrogen and oxygen atoms in total. The Bertz CT molecular complexity index is 613. The maximum absolute atomic E-state index is 11.0. The van der Waals surface area contributed by atoms with Crippen LogP contribution in [0.1, 0.15) is 5.56 Å². The average molecular weight is 287 g/mol. The van der Waals surface area contributed by atoms with Crippen LogP contribution in [0.3, 0.4) is 0 Å². The molecule has 2 aromatic rings. The van der Waals surface area contributed by atoms with Crippen LogP contribution in [0.5, 0.6) is 11.5 Å². The van der Waals surface area contributed by atoms with E-state index in [9.17, 15) is 9.90 Å². The first-order valence-corrected chi connectivity index (χ1v) is 6.48. The van der Waals surface area contributed by atoms with Crippen molar-refractivity contribution in [3.8, 4) is 11.5 Å². The Labute approximate surface area is 123 Å². The van der Waals surface area contributed by atoms with Crippen molar-refractivity contribution in [2.24, 2.45) is 0 Å². The normalized spacial score (nSPS) is 10.1. The van der Waals surface area contributed by atoms with Gasteiger partial charge < -0.3 is 19.8 Å². The highest BCUT2D eigenvalue weighted by Crippen LogP contribution is 2.27. The highest BCUT2D eigenvalue weighted by atomic mass is 16.5. The molecule has 0 saturated heterocycles. The van der Waals surface area contributed by atoms with E-state index in [1.807, 2.05) is 30.3 Å². The fourth-order valence-corrected chi connectivity index (χ4v) is 2.08. The van der Waals surface area contributed by atoms with Crippen LogP contribution in [-0.4, -0.2) is 29.8 Å². The molecule has 0 amide bonds. The summed E-state index contributed by atoms with van der Waals surface area (Å²) in [7, 11) is 1.48. The molecule has 2 aromatic carbocycles. The number of para-hydroxylation sites is 1. The average Bonchev–Trinajstić information content (AvgIpc) is 2.49. The van der Waals surface area contributed by atoms with E-state index in [4.69, 9.17) is 9.84 Å². The van der Waals surface area contributed by atoms with Crippen LogP contribution >= 0.6 is 0 Å². The minimum Gasteiger partial charge on any atom is -0.504 e. The van der Waals surface area contributed by atoms with E-state index >= 15 is 0 Å². The minimum atomic E-state index is -0.899. The van der Waals surface area contributed by atoms with E-state index in [0.29, 0.717) is 12.3 Å². The van der Waals surface area contributed by atoms with Gasteiger partial charge in [0.2, 0.25) is 0 Å². The van der Waals surface area contributed by atoms with Crippen molar-refractivity contribution in [2.45, 2.75) is 6.54 Å². The van der Waals surface area contributed by atoms with Crippen LogP contribution < -0.4 is 9.64 Å². The van der Waals surface area contributed by atoms with Crippen molar-refractivity contribution in [3.63, 3.8) is 0 Å². The summed E-state index contributed by atoms with van der Waals surface area (Å²) >= 11 is 0. The summed E-state index contributed by atoms with van der Waals surface area (Å²) in [5, 5.41) is 18.7. The molecular formula is C16H17NO4. The van der Waals surface area contributed by atoms with Crippen LogP contribution in [0.15, 0.2) is 48.5 Å². The molecule has 0 aliphatic rings. The van der Waals surface area contributed by atoms with Gasteiger partial charge in [-0.1, -0.05) is 24.3 Å². The molecule has 0 spiro atoms. The first-order valence-electron chi connectivity index (χ1n) is 6.48. The maximum Gasteiger partial charge on any atom is 0.323 e. The molecule has 5 heteroatoms. The van der Waals surface area contributed by atoms with Gasteiger partial charge >= 0.3 is 5.97 Å². The number of anilines is 1. The lowest BCUT2D eigenvalue weighted by atomic mass is 10.1. The summed E-state index contributed by atoms with van der Waals surface area (Å²) in [4.78, 5) is 12.8. The van der Waals surface area contributed by atoms with Gasteiger partial charge in [0.25, 0.3) is 0 Å². The minimum absolute atomic E-state index is 0.0609. The number of benzene rings is 2. The number of hydrogen-bond acceptors (Lipinski definition) is 4. The van der Waals surface area contributed by atoms with Crippen molar-refractivity contribution in [1.29, 1.82) is 0 Å². The zero-order chi connectivity index (χ0) is 15.2. The van der Waals surface area contributed by atoms with Gasteiger partial charge in [0, 0.05) is 12.2 Å². The van der Waals surface area contributed by atoms with Crippen LogP contribution in [-0.2, 0) is 11.3 Å². The predicted molar refractivity (Wildman–Crippen MR) is 79.8 cm³/mol. The zero-order valence-corrected chi connectivity index (χ0v) is 11.7. The lowest BCUT2D eigenvalue weighted by Crippen LogP contribution is -2.29. The topological polar surface area (TPSA) is 70.0 Å². The molecule has 0 fully saturated rings. The van der Waals surface area contributed by atoms with Crippen LogP contribution in [0.25, 0.3) is 0 Å². The molecule has 0 atom stereocenters. The van der Waals surface area contributed by atoms with Crippen molar-refractivity contribution in [3.05, 3.63) is 54.1 Å². The molecule has 0 aromatic heterocycles. The van der Waals surface area contributed by atoms with Crippen LogP contribution in [0.4, 0.5) is 5.69 Å². The summed E-state index contributed by atoms with van der Waals surface area (Å²) < 4.78 is 5.07. The summed E-state index contributed by atoms with van der Waals surface area (Å²) in [5.41, 5.74) is 1.68. The van der Waals surface area contributed by atoms with E-state index < -0.39 is 5.97 Å². The number of carboxylic acid groups (broad SMARTS) is 1. The number of aromatic hydroxyl groups is 1. The third-order valence-corrected chi connectivity index (χ3v) is 3.07. The SMILES string of the molecule is COc1cc(CN(CC(=O)O)c2ccccc2)ccc1O. The molecule has 0 radical (unpaired) electrons. The Hall–Kier alpha value is -2.69. The van der Waals surface area contributed by atoms with Crippen molar-refractivity contribution < 1.29 is 19.7 Å². The summed E-state index contributed by atoms with van der Waals surface area (Å²) in [6, 6.07) is 14.3. The van der Waals surface area contributed by atoms with Gasteiger partial charge in [-0.3, -0.25) is 4.79 Å². The number of ether oxygens (including phenoxy) is 1. The smallest absolute Gasteiger partial charge is 0.323 e. The molecule has 2 N–H and O–H groups in total. The lowest BCUT2D eigenvalue weighted by molar-refractivity contribution is -0.135. The Morgan fingerprint density at radius 3 is 2.52 bits per heavy atom. The number of methoxy groups -OCH3 is 1. The molecule has 0 unspecified atom stereocenters. The van der Waals surface area contributed by atoms with E-state index in [0.717, 1.165) is 11.3 Å². The quantitative estimate of drug-likeness (QED) is 0.854. The van der Waals surface area contributed by atoms with Gasteiger partial charge in [0.15, 0.2) is 11.5 Å². The fourth-order valence-electron chi connectivity index (χ4n) is 2.08. The Morgan fingerprint density at radius 1 is 1.19 bits per heavy atom. The van der Waals surface area contributed by atoms with Crippen LogP contribution in [0.2, 0.25) is 0 Å². The van der Waals surface area contributed by atoms with Gasteiger partial charge in [-0.2, -0.15) is 0 Å². The molecule has 110 valence electrons. The standard InChI is InChI=1S/C16H17NO4/c1-21-15-9-12(7-8-14(15)18)10-17(11-16(19)20)13-5-3-2-4-6-13/h2-9,18H,10-11H2,1H3,(H,19,20). The van der Waals surface area contributed by atoms with Crippen molar-refractivity contribution in [1.82, 2.24) is 0 Å². The lowest BCUT2D eigenvalue weighted by Gasteiger charge is -2.23.